The molecule has 674 valence electrons. The summed E-state index contributed by atoms with van der Waals surface area (Å²) in [6.07, 6.45) is 1.91. The van der Waals surface area contributed by atoms with E-state index in [1.54, 1.807) is 17.4 Å². The van der Waals surface area contributed by atoms with E-state index in [9.17, 15) is 8.78 Å². The van der Waals surface area contributed by atoms with Crippen molar-refractivity contribution in [3.63, 3.8) is 0 Å². The minimum Gasteiger partial charge on any atom is -0.455 e. The van der Waals surface area contributed by atoms with Crippen molar-refractivity contribution < 1.29 is 13.2 Å². The molecule has 0 saturated heterocycles. The third-order valence-corrected chi connectivity index (χ3v) is 34.6. The van der Waals surface area contributed by atoms with E-state index in [0.717, 1.165) is 110 Å². The molecule has 0 fully saturated rings. The van der Waals surface area contributed by atoms with Crippen LogP contribution in [0.4, 0.5) is 8.78 Å². The molecule has 0 aliphatic heterocycles. The summed E-state index contributed by atoms with van der Waals surface area (Å²) in [6.45, 7) is 0. The number of aromatic nitrogens is 4. The molecule has 0 amide bonds. The average molecular weight is 1920 g/mol. The van der Waals surface area contributed by atoms with Crippen molar-refractivity contribution in [2.45, 2.75) is 0 Å². The van der Waals surface area contributed by atoms with Crippen LogP contribution in [-0.4, -0.2) is 19.9 Å². The van der Waals surface area contributed by atoms with Crippen LogP contribution in [0.15, 0.2) is 453 Å². The number of thiophene rings is 4. The Morgan fingerprint density at radius 3 is 1.21 bits per heavy atom. The molecule has 32 aromatic rings. The first-order valence-electron chi connectivity index (χ1n) is 48.7. The zero-order valence-corrected chi connectivity index (χ0v) is 80.6. The Kier molecular flexibility index (Phi) is 18.9. The number of pyridine rings is 1. The van der Waals surface area contributed by atoms with Gasteiger partial charge in [-0.05, 0) is 179 Å². The van der Waals surface area contributed by atoms with Crippen LogP contribution in [0, 0.1) is 11.6 Å². The van der Waals surface area contributed by atoms with E-state index in [1.807, 2.05) is 113 Å². The van der Waals surface area contributed by atoms with Gasteiger partial charge in [-0.1, -0.05) is 388 Å². The number of halogens is 2. The number of fused-ring (bicyclic) bond motifs is 29. The quantitative estimate of drug-likeness (QED) is 0.142. The molecule has 0 aliphatic carbocycles. The van der Waals surface area contributed by atoms with Crippen LogP contribution in [-0.2, 0) is 0 Å². The smallest absolute Gasteiger partial charge is 0.165 e. The van der Waals surface area contributed by atoms with E-state index in [0.29, 0.717) is 23.0 Å². The lowest BCUT2D eigenvalue weighted by Gasteiger charge is -2.21. The van der Waals surface area contributed by atoms with Crippen LogP contribution < -0.4 is 0 Å². The summed E-state index contributed by atoms with van der Waals surface area (Å²) in [6, 6.07) is 157. The standard InChI is InChI=1S/C52H28S2.C44H26N4S.C38H20F2OS/c1-2-10-33-28-45-43(27-32(33)9-1)40-25-26-41-49(42-17-8-16-39-34-13-5-6-18-44(34)53-51(39)42)48(35-14-3-4-15-36(35)50(41)52(40)54-45)38-24-22-31-20-19-29-11-7-12-30-21-23-37(38)47(31)46(29)30;1-3-14-28(15-4-1)42-46-43(29-16-5-2-6-17-29)48-44(47-42)39-35-24-23-34-31-19-11-12-22-36(31)49-41(34)37(35)32-20-9-10-21-33(32)38(39)40-30-18-8-7-13-27(30)25-26-45-40;39-30-19-16-21(20-31(30)40)34-24-10-1-2-11-25(24)36-28(18-17-27-23-9-4-6-15-33(23)42-38(27)36)35(34)29-13-7-12-26-22-8-3-5-14-32(22)41-37(26)29/h1-28H;1-26H;1-20H. The van der Waals surface area contributed by atoms with Crippen molar-refractivity contribution >= 4 is 266 Å². The third-order valence-electron chi connectivity index (χ3n) is 29.7. The summed E-state index contributed by atoms with van der Waals surface area (Å²) < 4.78 is 45.9. The predicted octanol–water partition coefficient (Wildman–Crippen LogP) is 39.7. The van der Waals surface area contributed by atoms with Gasteiger partial charge in [-0.3, -0.25) is 4.98 Å². The summed E-state index contributed by atoms with van der Waals surface area (Å²) in [5.74, 6) is 0.144. The highest BCUT2D eigenvalue weighted by atomic mass is 32.1. The second-order valence-corrected chi connectivity index (χ2v) is 41.8. The zero-order chi connectivity index (χ0) is 95.3. The lowest BCUT2D eigenvalue weighted by molar-refractivity contribution is 0.509. The molecule has 7 aromatic heterocycles. The Balaban J connectivity index is 0.000000102. The number of nitrogens with zero attached hydrogens (tertiary/aromatic N) is 4. The molecule has 0 atom stereocenters. The van der Waals surface area contributed by atoms with Crippen molar-refractivity contribution in [1.29, 1.82) is 0 Å². The fraction of sp³-hybridized carbons (Fsp3) is 0. The highest BCUT2D eigenvalue weighted by Gasteiger charge is 2.31. The molecule has 0 unspecified atom stereocenters. The second-order valence-electron chi connectivity index (χ2n) is 37.6. The SMILES string of the molecule is Fc1ccc(-c2c(-c3cccc4c3oc3ccccc34)c3ccc4c5ccccc5sc4c3c3ccccc23)cc1F.c1ccc(-c2nc(-c3ccccc3)nc(-c3c(-c4nccc5ccccc45)c4ccccc4c4c3ccc3c5ccccc5sc34)n2)cc1.c1ccc2cc3c(cc2c1)sc1c3ccc2c(-c3cccc4c3sc3ccccc34)c(-c3ccc4ccc5cccc6ccc3c4c56)c3ccccc3c21. The van der Waals surface area contributed by atoms with E-state index in [-0.39, 0.29) is 0 Å². The first kappa shape index (κ1) is 83.1. The first-order valence-corrected chi connectivity index (χ1v) is 52.0. The average Bonchev–Trinajstić information content (AvgIpc) is 1.66. The second kappa shape index (κ2) is 33.0. The highest BCUT2D eigenvalue weighted by Crippen LogP contribution is 2.58. The van der Waals surface area contributed by atoms with E-state index < -0.39 is 11.6 Å². The molecule has 145 heavy (non-hydrogen) atoms. The molecule has 0 N–H and O–H groups in total. The zero-order valence-electron chi connectivity index (χ0n) is 77.3. The van der Waals surface area contributed by atoms with Gasteiger partial charge >= 0.3 is 0 Å². The normalized spacial score (nSPS) is 12.1. The largest absolute Gasteiger partial charge is 0.455 e. The maximum Gasteiger partial charge on any atom is 0.165 e. The summed E-state index contributed by atoms with van der Waals surface area (Å²) in [5.41, 5.74) is 14.9. The van der Waals surface area contributed by atoms with Gasteiger partial charge in [-0.25, -0.2) is 23.7 Å². The van der Waals surface area contributed by atoms with Crippen LogP contribution in [0.5, 0.6) is 0 Å². The monoisotopic (exact) mass is 1920 g/mol. The minimum atomic E-state index is -0.871. The van der Waals surface area contributed by atoms with Gasteiger partial charge in [0.15, 0.2) is 29.1 Å². The summed E-state index contributed by atoms with van der Waals surface area (Å²) in [5, 5.41) is 39.1. The van der Waals surface area contributed by atoms with Gasteiger partial charge in [-0.15, -0.1) is 45.3 Å². The van der Waals surface area contributed by atoms with Gasteiger partial charge in [0.1, 0.15) is 11.2 Å². The molecule has 0 spiro atoms. The molecule has 0 bridgehead atoms. The van der Waals surface area contributed by atoms with Crippen molar-refractivity contribution in [1.82, 2.24) is 19.9 Å². The first-order chi connectivity index (χ1) is 71.8. The number of hydrogen-bond acceptors (Lipinski definition) is 9. The Morgan fingerprint density at radius 2 is 0.600 bits per heavy atom. The van der Waals surface area contributed by atoms with Crippen molar-refractivity contribution in [3.8, 4) is 89.9 Å². The molecule has 0 radical (unpaired) electrons. The van der Waals surface area contributed by atoms with E-state index in [4.69, 9.17) is 24.4 Å². The predicted molar refractivity (Wildman–Crippen MR) is 616 cm³/mol. The molecule has 25 aromatic carbocycles. The van der Waals surface area contributed by atoms with Gasteiger partial charge in [-0.2, -0.15) is 0 Å². The number of benzene rings is 25. The summed E-state index contributed by atoms with van der Waals surface area (Å²) in [4.78, 5) is 20.7. The van der Waals surface area contributed by atoms with E-state index in [2.05, 4.69) is 352 Å². The van der Waals surface area contributed by atoms with Crippen molar-refractivity contribution in [2.24, 2.45) is 0 Å². The summed E-state index contributed by atoms with van der Waals surface area (Å²) >= 11 is 7.50. The Bertz CT molecular complexity index is 11100. The van der Waals surface area contributed by atoms with Crippen molar-refractivity contribution in [3.05, 3.63) is 461 Å². The van der Waals surface area contributed by atoms with Gasteiger partial charge < -0.3 is 4.42 Å². The molecular formula is C134H74F2N4OS4. The van der Waals surface area contributed by atoms with Crippen LogP contribution in [0.3, 0.4) is 0 Å². The van der Waals surface area contributed by atoms with E-state index >= 15 is 0 Å². The molecule has 0 aliphatic rings. The number of para-hydroxylation sites is 2. The van der Waals surface area contributed by atoms with Crippen LogP contribution in [0.1, 0.15) is 0 Å². The van der Waals surface area contributed by atoms with Crippen LogP contribution in [0.2, 0.25) is 0 Å². The number of rotatable bonds is 8. The lowest BCUT2D eigenvalue weighted by atomic mass is 9.82. The van der Waals surface area contributed by atoms with Gasteiger partial charge in [0.05, 0.1) is 5.69 Å². The van der Waals surface area contributed by atoms with E-state index in [1.165, 1.54) is 190 Å². The maximum absolute atomic E-state index is 14.8. The molecule has 0 saturated carbocycles. The van der Waals surface area contributed by atoms with Crippen LogP contribution in [0.25, 0.3) is 311 Å². The summed E-state index contributed by atoms with van der Waals surface area (Å²) in [7, 11) is 0. The topological polar surface area (TPSA) is 64.7 Å². The molecule has 5 nitrogen and oxygen atoms in total. The highest BCUT2D eigenvalue weighted by molar-refractivity contribution is 7.28. The fourth-order valence-corrected chi connectivity index (χ4v) is 28.5. The van der Waals surface area contributed by atoms with Gasteiger partial charge in [0.25, 0.3) is 0 Å². The molecule has 7 heterocycles. The van der Waals surface area contributed by atoms with Crippen molar-refractivity contribution in [2.75, 3.05) is 0 Å². The van der Waals surface area contributed by atoms with Gasteiger partial charge in [0, 0.05) is 158 Å². The Morgan fingerprint density at radius 1 is 0.193 bits per heavy atom. The minimum absolute atomic E-state index is 0.617. The Labute approximate surface area is 843 Å². The van der Waals surface area contributed by atoms with Gasteiger partial charge in [0.2, 0.25) is 0 Å². The van der Waals surface area contributed by atoms with Crippen LogP contribution >= 0.6 is 45.3 Å². The third kappa shape index (κ3) is 12.9. The molecular weight excluding hydrogens is 1850 g/mol. The number of furan rings is 1. The molecule has 32 rings (SSSR count). The maximum atomic E-state index is 14.8. The Hall–Kier alpha value is -17.7. The fourth-order valence-electron chi connectivity index (χ4n) is 23.4. The molecule has 11 heteroatoms. The number of hydrogen-bond donors (Lipinski definition) is 0. The lowest BCUT2D eigenvalue weighted by Crippen LogP contribution is -2.03.